The van der Waals surface area contributed by atoms with Gasteiger partial charge < -0.3 is 10.1 Å². The lowest BCUT2D eigenvalue weighted by atomic mass is 9.97. The summed E-state index contributed by atoms with van der Waals surface area (Å²) in [4.78, 5) is 0. The molecule has 0 aliphatic carbocycles. The molecule has 0 aromatic heterocycles. The van der Waals surface area contributed by atoms with E-state index < -0.39 is 0 Å². The number of aryl methyl sites for hydroxylation is 1. The number of hydrogen-bond acceptors (Lipinski definition) is 2. The Balaban J connectivity index is 2.33. The van der Waals surface area contributed by atoms with Gasteiger partial charge in [0.1, 0.15) is 11.6 Å². The van der Waals surface area contributed by atoms with E-state index in [1.165, 1.54) is 6.07 Å². The molecule has 0 saturated heterocycles. The summed E-state index contributed by atoms with van der Waals surface area (Å²) in [5.41, 5.74) is 2.90. The van der Waals surface area contributed by atoms with Crippen molar-refractivity contribution in [3.05, 3.63) is 65.0 Å². The average Bonchev–Trinajstić information content (AvgIpc) is 2.51. The highest BCUT2D eigenvalue weighted by Gasteiger charge is 2.14. The third-order valence-electron chi connectivity index (χ3n) is 3.56. The Kier molecular flexibility index (Phi) is 5.34. The first-order chi connectivity index (χ1) is 10.2. The Morgan fingerprint density at radius 3 is 2.33 bits per heavy atom. The van der Waals surface area contributed by atoms with Crippen LogP contribution in [0, 0.1) is 12.7 Å². The van der Waals surface area contributed by atoms with Crippen LogP contribution in [0.25, 0.3) is 0 Å². The second-order valence-electron chi connectivity index (χ2n) is 5.17. The summed E-state index contributed by atoms with van der Waals surface area (Å²) < 4.78 is 18.7. The first kappa shape index (κ1) is 15.5. The monoisotopic (exact) mass is 287 g/mol. The van der Waals surface area contributed by atoms with Crippen LogP contribution >= 0.6 is 0 Å². The average molecular weight is 287 g/mol. The SMILES string of the molecule is CCCNC(c1ccc(OC)cc1)c1ccc(F)c(C)c1. The number of hydrogen-bond donors (Lipinski definition) is 1. The molecular weight excluding hydrogens is 265 g/mol. The van der Waals surface area contributed by atoms with Gasteiger partial charge in [0.25, 0.3) is 0 Å². The lowest BCUT2D eigenvalue weighted by Gasteiger charge is -2.20. The van der Waals surface area contributed by atoms with E-state index in [0.717, 1.165) is 29.8 Å². The quantitative estimate of drug-likeness (QED) is 0.858. The summed E-state index contributed by atoms with van der Waals surface area (Å²) in [7, 11) is 1.66. The molecule has 0 fully saturated rings. The molecule has 2 aromatic carbocycles. The molecule has 0 aliphatic rings. The predicted octanol–water partition coefficient (Wildman–Crippen LogP) is 4.23. The van der Waals surface area contributed by atoms with Crippen LogP contribution in [0.2, 0.25) is 0 Å². The van der Waals surface area contributed by atoms with E-state index in [4.69, 9.17) is 4.74 Å². The van der Waals surface area contributed by atoms with Crippen molar-refractivity contribution < 1.29 is 9.13 Å². The van der Waals surface area contributed by atoms with Crippen molar-refractivity contribution >= 4 is 0 Å². The van der Waals surface area contributed by atoms with Crippen molar-refractivity contribution in [3.8, 4) is 5.75 Å². The highest BCUT2D eigenvalue weighted by atomic mass is 19.1. The van der Waals surface area contributed by atoms with Gasteiger partial charge in [-0.15, -0.1) is 0 Å². The van der Waals surface area contributed by atoms with E-state index >= 15 is 0 Å². The lowest BCUT2D eigenvalue weighted by molar-refractivity contribution is 0.414. The third-order valence-corrected chi connectivity index (χ3v) is 3.56. The molecule has 0 bridgehead atoms. The molecule has 0 saturated carbocycles. The van der Waals surface area contributed by atoms with E-state index in [2.05, 4.69) is 12.2 Å². The van der Waals surface area contributed by atoms with Crippen molar-refractivity contribution in [3.63, 3.8) is 0 Å². The molecule has 0 spiro atoms. The fourth-order valence-electron chi connectivity index (χ4n) is 2.36. The maximum Gasteiger partial charge on any atom is 0.126 e. The fourth-order valence-corrected chi connectivity index (χ4v) is 2.36. The zero-order valence-electron chi connectivity index (χ0n) is 12.8. The van der Waals surface area contributed by atoms with Gasteiger partial charge in [-0.3, -0.25) is 0 Å². The Labute approximate surface area is 126 Å². The molecular formula is C18H22FNO. The maximum atomic E-state index is 13.5. The van der Waals surface area contributed by atoms with Gasteiger partial charge in [-0.2, -0.15) is 0 Å². The van der Waals surface area contributed by atoms with Gasteiger partial charge in [0.2, 0.25) is 0 Å². The van der Waals surface area contributed by atoms with Crippen LogP contribution < -0.4 is 10.1 Å². The molecule has 0 radical (unpaired) electrons. The van der Waals surface area contributed by atoms with Crippen molar-refractivity contribution in [2.24, 2.45) is 0 Å². The van der Waals surface area contributed by atoms with E-state index in [-0.39, 0.29) is 11.9 Å². The highest BCUT2D eigenvalue weighted by molar-refractivity contribution is 5.37. The first-order valence-electron chi connectivity index (χ1n) is 7.29. The number of ether oxygens (including phenoxy) is 1. The minimum atomic E-state index is -0.164. The number of rotatable bonds is 6. The van der Waals surface area contributed by atoms with Crippen LogP contribution in [0.5, 0.6) is 5.75 Å². The van der Waals surface area contributed by atoms with Crippen LogP contribution in [0.15, 0.2) is 42.5 Å². The van der Waals surface area contributed by atoms with E-state index in [0.29, 0.717) is 5.56 Å². The summed E-state index contributed by atoms with van der Waals surface area (Å²) in [6.45, 7) is 4.84. The zero-order chi connectivity index (χ0) is 15.2. The summed E-state index contributed by atoms with van der Waals surface area (Å²) >= 11 is 0. The largest absolute Gasteiger partial charge is 0.497 e. The van der Waals surface area contributed by atoms with Crippen LogP contribution in [0.3, 0.4) is 0 Å². The van der Waals surface area contributed by atoms with Gasteiger partial charge in [0.15, 0.2) is 0 Å². The standard InChI is InChI=1S/C18H22FNO/c1-4-11-20-18(14-5-8-16(21-3)9-6-14)15-7-10-17(19)13(2)12-15/h5-10,12,18,20H,4,11H2,1-3H3. The van der Waals surface area contributed by atoms with Gasteiger partial charge in [-0.05, 0) is 54.8 Å². The molecule has 112 valence electrons. The summed E-state index contributed by atoms with van der Waals surface area (Å²) in [6, 6.07) is 13.4. The first-order valence-corrected chi connectivity index (χ1v) is 7.29. The molecule has 0 aliphatic heterocycles. The highest BCUT2D eigenvalue weighted by Crippen LogP contribution is 2.25. The molecule has 1 atom stereocenters. The molecule has 0 amide bonds. The maximum absolute atomic E-state index is 13.5. The van der Waals surface area contributed by atoms with Gasteiger partial charge in [-0.25, -0.2) is 4.39 Å². The van der Waals surface area contributed by atoms with E-state index in [1.54, 1.807) is 14.0 Å². The molecule has 3 heteroatoms. The van der Waals surface area contributed by atoms with E-state index in [1.807, 2.05) is 36.4 Å². The molecule has 0 heterocycles. The van der Waals surface area contributed by atoms with Gasteiger partial charge in [-0.1, -0.05) is 31.2 Å². The molecule has 21 heavy (non-hydrogen) atoms. The normalized spacial score (nSPS) is 12.2. The molecule has 1 unspecified atom stereocenters. The van der Waals surface area contributed by atoms with Crippen molar-refractivity contribution in [2.45, 2.75) is 26.3 Å². The Bertz CT molecular complexity index is 580. The van der Waals surface area contributed by atoms with Crippen molar-refractivity contribution in [2.75, 3.05) is 13.7 Å². The summed E-state index contributed by atoms with van der Waals surface area (Å²) in [5, 5.41) is 3.52. The second-order valence-corrected chi connectivity index (χ2v) is 5.17. The predicted molar refractivity (Wildman–Crippen MR) is 84.3 cm³/mol. The smallest absolute Gasteiger partial charge is 0.126 e. The van der Waals surface area contributed by atoms with Crippen molar-refractivity contribution in [1.82, 2.24) is 5.32 Å². The van der Waals surface area contributed by atoms with Gasteiger partial charge in [0.05, 0.1) is 13.2 Å². The molecule has 2 rings (SSSR count). The zero-order valence-corrected chi connectivity index (χ0v) is 12.8. The number of halogens is 1. The van der Waals surface area contributed by atoms with Crippen LogP contribution in [-0.4, -0.2) is 13.7 Å². The fraction of sp³-hybridized carbons (Fsp3) is 0.333. The van der Waals surface area contributed by atoms with Crippen LogP contribution in [-0.2, 0) is 0 Å². The van der Waals surface area contributed by atoms with Gasteiger partial charge >= 0.3 is 0 Å². The Morgan fingerprint density at radius 2 is 1.76 bits per heavy atom. The summed E-state index contributed by atoms with van der Waals surface area (Å²) in [6.07, 6.45) is 1.05. The number of benzene rings is 2. The topological polar surface area (TPSA) is 21.3 Å². The second kappa shape index (κ2) is 7.23. The minimum Gasteiger partial charge on any atom is -0.497 e. The molecule has 1 N–H and O–H groups in total. The Hall–Kier alpha value is -1.87. The van der Waals surface area contributed by atoms with Crippen LogP contribution in [0.1, 0.15) is 36.1 Å². The lowest BCUT2D eigenvalue weighted by Crippen LogP contribution is -2.23. The third kappa shape index (κ3) is 3.82. The Morgan fingerprint density at radius 1 is 1.10 bits per heavy atom. The van der Waals surface area contributed by atoms with E-state index in [9.17, 15) is 4.39 Å². The molecule has 2 aromatic rings. The minimum absolute atomic E-state index is 0.0650. The molecule has 2 nitrogen and oxygen atoms in total. The number of nitrogens with one attached hydrogen (secondary N) is 1. The number of methoxy groups -OCH3 is 1. The van der Waals surface area contributed by atoms with Crippen LogP contribution in [0.4, 0.5) is 4.39 Å². The van der Waals surface area contributed by atoms with Crippen molar-refractivity contribution in [1.29, 1.82) is 0 Å². The summed E-state index contributed by atoms with van der Waals surface area (Å²) in [5.74, 6) is 0.672. The van der Waals surface area contributed by atoms with Gasteiger partial charge in [0, 0.05) is 0 Å².